The molecule has 1 aliphatic carbocycles. The quantitative estimate of drug-likeness (QED) is 0.781. The van der Waals surface area contributed by atoms with Gasteiger partial charge in [0.25, 0.3) is 5.91 Å². The van der Waals surface area contributed by atoms with Crippen LogP contribution in [0.4, 0.5) is 0 Å². The first-order chi connectivity index (χ1) is 13.0. The number of carbonyl (C=O) groups is 2. The number of aliphatic hydroxyl groups is 1. The number of likely N-dealkylation sites (tertiary alicyclic amines) is 1. The Labute approximate surface area is 163 Å². The second-order valence-electron chi connectivity index (χ2n) is 8.56. The first kappa shape index (κ1) is 17.6. The van der Waals surface area contributed by atoms with E-state index in [0.717, 1.165) is 18.0 Å². The summed E-state index contributed by atoms with van der Waals surface area (Å²) in [5, 5.41) is 10.8. The lowest BCUT2D eigenvalue weighted by atomic mass is 9.82. The fourth-order valence-electron chi connectivity index (χ4n) is 4.95. The molecule has 27 heavy (non-hydrogen) atoms. The summed E-state index contributed by atoms with van der Waals surface area (Å²) in [5.74, 6) is 0.456. The third kappa shape index (κ3) is 2.90. The number of fused-ring (bicyclic) bond motifs is 2. The number of β-amino-alcohol motifs (C(OH)–C–C–N with tert-alkyl or cyclic N) is 1. The van der Waals surface area contributed by atoms with E-state index in [9.17, 15) is 14.7 Å². The van der Waals surface area contributed by atoms with Gasteiger partial charge < -0.3 is 5.11 Å². The number of halogens is 1. The topological polar surface area (TPSA) is 64.1 Å². The number of carbonyl (C=O) groups excluding carboxylic acids is 2. The van der Waals surface area contributed by atoms with Gasteiger partial charge in [0, 0.05) is 31.2 Å². The highest BCUT2D eigenvalue weighted by Gasteiger charge is 2.64. The Balaban J connectivity index is 1.42. The summed E-state index contributed by atoms with van der Waals surface area (Å²) in [7, 11) is 0. The summed E-state index contributed by atoms with van der Waals surface area (Å²) in [6.45, 7) is 3.00. The number of hydrogen-bond acceptors (Lipinski definition) is 5. The molecule has 1 spiro atoms. The molecule has 1 saturated carbocycles. The first-order valence-electron chi connectivity index (χ1n) is 9.74. The van der Waals surface area contributed by atoms with Crippen LogP contribution >= 0.6 is 11.6 Å². The summed E-state index contributed by atoms with van der Waals surface area (Å²) < 4.78 is 0. The third-order valence-electron chi connectivity index (χ3n) is 6.44. The smallest absolute Gasteiger partial charge is 0.252 e. The van der Waals surface area contributed by atoms with Crippen molar-refractivity contribution in [3.63, 3.8) is 0 Å². The number of rotatable bonds is 4. The van der Waals surface area contributed by atoms with Crippen LogP contribution in [0.2, 0.25) is 5.02 Å². The van der Waals surface area contributed by atoms with Crippen LogP contribution in [0.3, 0.4) is 0 Å². The number of amides is 2. The second-order valence-corrected chi connectivity index (χ2v) is 9.00. The molecule has 1 aromatic carbocycles. The zero-order chi connectivity index (χ0) is 18.8. The van der Waals surface area contributed by atoms with E-state index < -0.39 is 17.7 Å². The Morgan fingerprint density at radius 1 is 1.22 bits per heavy atom. The Hall–Kier alpha value is -1.47. The first-order valence-corrected chi connectivity index (χ1v) is 10.1. The molecule has 1 aromatic rings. The molecule has 3 saturated heterocycles. The maximum atomic E-state index is 13.4. The number of aliphatic hydroxyl groups excluding tert-OH is 1. The summed E-state index contributed by atoms with van der Waals surface area (Å²) in [5.41, 5.74) is 0.185. The highest BCUT2D eigenvalue weighted by molar-refractivity contribution is 6.30. The van der Waals surface area contributed by atoms with Crippen molar-refractivity contribution in [2.24, 2.45) is 5.92 Å². The highest BCUT2D eigenvalue weighted by Crippen LogP contribution is 2.42. The fourth-order valence-corrected chi connectivity index (χ4v) is 5.16. The van der Waals surface area contributed by atoms with Gasteiger partial charge >= 0.3 is 0 Å². The predicted octanol–water partition coefficient (Wildman–Crippen LogP) is 1.11. The second kappa shape index (κ2) is 6.27. The Morgan fingerprint density at radius 2 is 2.00 bits per heavy atom. The maximum absolute atomic E-state index is 13.4. The van der Waals surface area contributed by atoms with Crippen molar-refractivity contribution in [1.29, 1.82) is 0 Å². The molecule has 4 aliphatic rings. The standard InChI is InChI=1S/C20H24ClN3O3/c21-15-3-1-2-14(6-15)9-23-18(26)17-7-16(25)10-24(17)20(19(23)27)11-22(12-20)8-13-4-5-13/h1-3,6,13,16-17,25H,4-5,7-12H2/t16-,17+/m1/s1. The monoisotopic (exact) mass is 389 g/mol. The van der Waals surface area contributed by atoms with Gasteiger partial charge in [-0.2, -0.15) is 0 Å². The van der Waals surface area contributed by atoms with Gasteiger partial charge in [-0.25, -0.2) is 0 Å². The number of hydrogen-bond donors (Lipinski definition) is 1. The van der Waals surface area contributed by atoms with E-state index in [-0.39, 0.29) is 18.4 Å². The van der Waals surface area contributed by atoms with Gasteiger partial charge in [-0.15, -0.1) is 0 Å². The van der Waals surface area contributed by atoms with Crippen LogP contribution in [0, 0.1) is 5.92 Å². The van der Waals surface area contributed by atoms with Gasteiger partial charge in [0.05, 0.1) is 18.7 Å². The van der Waals surface area contributed by atoms with Crippen LogP contribution < -0.4 is 0 Å². The molecule has 0 aromatic heterocycles. The zero-order valence-electron chi connectivity index (χ0n) is 15.2. The Kier molecular flexibility index (Phi) is 4.09. The average Bonchev–Trinajstić information content (AvgIpc) is 3.33. The van der Waals surface area contributed by atoms with Gasteiger partial charge in [-0.05, 0) is 42.9 Å². The SMILES string of the molecule is O=C1[C@@H]2C[C@@H](O)CN2C2(CN(CC3CC3)C2)C(=O)N1Cc1cccc(Cl)c1. The average molecular weight is 390 g/mol. The normalized spacial score (nSPS) is 30.7. The minimum absolute atomic E-state index is 0.120. The fraction of sp³-hybridized carbons (Fsp3) is 0.600. The van der Waals surface area contributed by atoms with Crippen LogP contribution in [-0.4, -0.2) is 75.5 Å². The summed E-state index contributed by atoms with van der Waals surface area (Å²) in [6.07, 6.45) is 2.42. The van der Waals surface area contributed by atoms with Crippen molar-refractivity contribution in [2.45, 2.75) is 43.5 Å². The van der Waals surface area contributed by atoms with Gasteiger partial charge in [0.2, 0.25) is 5.91 Å². The van der Waals surface area contributed by atoms with Crippen LogP contribution in [0.1, 0.15) is 24.8 Å². The lowest BCUT2D eigenvalue weighted by molar-refractivity contribution is -0.180. The minimum Gasteiger partial charge on any atom is -0.392 e. The van der Waals surface area contributed by atoms with Crippen molar-refractivity contribution in [3.05, 3.63) is 34.9 Å². The van der Waals surface area contributed by atoms with E-state index in [1.165, 1.54) is 17.7 Å². The summed E-state index contributed by atoms with van der Waals surface area (Å²) in [6, 6.07) is 6.89. The van der Waals surface area contributed by atoms with E-state index in [4.69, 9.17) is 11.6 Å². The number of benzene rings is 1. The van der Waals surface area contributed by atoms with E-state index >= 15 is 0 Å². The lowest BCUT2D eigenvalue weighted by Crippen LogP contribution is -2.81. The van der Waals surface area contributed by atoms with Crippen molar-refractivity contribution in [1.82, 2.24) is 14.7 Å². The van der Waals surface area contributed by atoms with E-state index in [1.54, 1.807) is 12.1 Å². The van der Waals surface area contributed by atoms with Crippen LogP contribution in [0.5, 0.6) is 0 Å². The van der Waals surface area contributed by atoms with E-state index in [0.29, 0.717) is 31.1 Å². The van der Waals surface area contributed by atoms with Crippen LogP contribution in [-0.2, 0) is 16.1 Å². The molecule has 0 bridgehead atoms. The molecule has 3 heterocycles. The van der Waals surface area contributed by atoms with Gasteiger partial charge in [0.15, 0.2) is 0 Å². The molecule has 4 fully saturated rings. The Bertz CT molecular complexity index is 790. The summed E-state index contributed by atoms with van der Waals surface area (Å²) >= 11 is 6.08. The number of nitrogens with zero attached hydrogens (tertiary/aromatic N) is 3. The predicted molar refractivity (Wildman–Crippen MR) is 100 cm³/mol. The lowest BCUT2D eigenvalue weighted by Gasteiger charge is -2.58. The van der Waals surface area contributed by atoms with Crippen molar-refractivity contribution < 1.29 is 14.7 Å². The Morgan fingerprint density at radius 3 is 2.70 bits per heavy atom. The van der Waals surface area contributed by atoms with Gasteiger partial charge in [-0.1, -0.05) is 23.7 Å². The molecular weight excluding hydrogens is 366 g/mol. The number of piperazine rings is 1. The van der Waals surface area contributed by atoms with Gasteiger partial charge in [-0.3, -0.25) is 24.3 Å². The van der Waals surface area contributed by atoms with Crippen LogP contribution in [0.25, 0.3) is 0 Å². The molecular formula is C20H24ClN3O3. The molecule has 5 rings (SSSR count). The molecule has 2 amide bonds. The van der Waals surface area contributed by atoms with E-state index in [1.807, 2.05) is 17.0 Å². The molecule has 0 unspecified atom stereocenters. The van der Waals surface area contributed by atoms with Crippen LogP contribution in [0.15, 0.2) is 24.3 Å². The molecule has 2 atom stereocenters. The van der Waals surface area contributed by atoms with Crippen molar-refractivity contribution in [3.8, 4) is 0 Å². The molecule has 0 radical (unpaired) electrons. The van der Waals surface area contributed by atoms with Gasteiger partial charge in [0.1, 0.15) is 5.54 Å². The highest BCUT2D eigenvalue weighted by atomic mass is 35.5. The minimum atomic E-state index is -0.663. The molecule has 144 valence electrons. The zero-order valence-corrected chi connectivity index (χ0v) is 15.9. The molecule has 7 heteroatoms. The van der Waals surface area contributed by atoms with Crippen molar-refractivity contribution in [2.75, 3.05) is 26.2 Å². The molecule has 1 N–H and O–H groups in total. The summed E-state index contributed by atoms with van der Waals surface area (Å²) in [4.78, 5) is 32.2. The largest absolute Gasteiger partial charge is 0.392 e. The van der Waals surface area contributed by atoms with E-state index in [2.05, 4.69) is 4.90 Å². The third-order valence-corrected chi connectivity index (χ3v) is 6.67. The number of imide groups is 1. The molecule has 3 aliphatic heterocycles. The van der Waals surface area contributed by atoms with Crippen molar-refractivity contribution >= 4 is 23.4 Å². The maximum Gasteiger partial charge on any atom is 0.252 e. The molecule has 6 nitrogen and oxygen atoms in total.